The summed E-state index contributed by atoms with van der Waals surface area (Å²) in [7, 11) is 2.11. The lowest BCUT2D eigenvalue weighted by Gasteiger charge is -2.32. The molecule has 0 aliphatic carbocycles. The zero-order valence-electron chi connectivity index (χ0n) is 17.7. The zero-order valence-corrected chi connectivity index (χ0v) is 17.7. The average molecular weight is 395 g/mol. The lowest BCUT2D eigenvalue weighted by molar-refractivity contribution is 0.186. The van der Waals surface area contributed by atoms with Gasteiger partial charge in [-0.1, -0.05) is 61.5 Å². The molecule has 1 aliphatic heterocycles. The Kier molecular flexibility index (Phi) is 8.08. The van der Waals surface area contributed by atoms with Crippen molar-refractivity contribution in [3.05, 3.63) is 71.3 Å². The second-order valence-corrected chi connectivity index (χ2v) is 8.01. The molecule has 0 unspecified atom stereocenters. The topological polar surface area (TPSA) is 47.6 Å². The fourth-order valence-electron chi connectivity index (χ4n) is 3.76. The molecular weight excluding hydrogens is 360 g/mol. The average Bonchev–Trinajstić information content (AvgIpc) is 2.74. The largest absolute Gasteiger partial charge is 0.335 e. The second-order valence-electron chi connectivity index (χ2n) is 8.01. The number of nitrogens with one attached hydrogen (secondary N) is 2. The fraction of sp³-hybridized carbons (Fsp3) is 0.458. The molecule has 0 saturated carbocycles. The molecule has 0 spiro atoms. The van der Waals surface area contributed by atoms with Crippen LogP contribution in [-0.4, -0.2) is 48.6 Å². The molecule has 2 N–H and O–H groups in total. The Morgan fingerprint density at radius 1 is 1.03 bits per heavy atom. The van der Waals surface area contributed by atoms with Crippen molar-refractivity contribution in [2.24, 2.45) is 0 Å². The number of hydrogen-bond donors (Lipinski definition) is 2. The molecule has 1 heterocycles. The predicted octanol–water partition coefficient (Wildman–Crippen LogP) is 3.60. The molecule has 2 aromatic carbocycles. The summed E-state index contributed by atoms with van der Waals surface area (Å²) in [6, 6.07) is 19.2. The Morgan fingerprint density at radius 3 is 2.45 bits per heavy atom. The first kappa shape index (κ1) is 21.3. The minimum atomic E-state index is -0.0670. The highest BCUT2D eigenvalue weighted by molar-refractivity contribution is 5.74. The van der Waals surface area contributed by atoms with Crippen molar-refractivity contribution >= 4 is 6.03 Å². The predicted molar refractivity (Wildman–Crippen MR) is 119 cm³/mol. The lowest BCUT2D eigenvalue weighted by Crippen LogP contribution is -2.47. The molecule has 5 nitrogen and oxygen atoms in total. The van der Waals surface area contributed by atoms with E-state index in [1.165, 1.54) is 11.1 Å². The van der Waals surface area contributed by atoms with Gasteiger partial charge in [-0.25, -0.2) is 4.79 Å². The summed E-state index contributed by atoms with van der Waals surface area (Å²) in [6.45, 7) is 7.69. The van der Waals surface area contributed by atoms with Gasteiger partial charge in [0, 0.05) is 38.8 Å². The van der Waals surface area contributed by atoms with E-state index in [2.05, 4.69) is 89.0 Å². The number of amides is 2. The molecule has 2 amide bonds. The van der Waals surface area contributed by atoms with Crippen LogP contribution in [0, 0.1) is 0 Å². The van der Waals surface area contributed by atoms with Crippen LogP contribution in [0.1, 0.15) is 36.5 Å². The van der Waals surface area contributed by atoms with E-state index in [0.717, 1.165) is 51.1 Å². The Morgan fingerprint density at radius 2 is 1.72 bits per heavy atom. The van der Waals surface area contributed by atoms with E-state index in [0.29, 0.717) is 6.54 Å². The summed E-state index contributed by atoms with van der Waals surface area (Å²) in [5.74, 6) is 0. The van der Waals surface area contributed by atoms with Crippen LogP contribution in [0.4, 0.5) is 4.79 Å². The van der Waals surface area contributed by atoms with Gasteiger partial charge >= 0.3 is 6.03 Å². The van der Waals surface area contributed by atoms with Crippen molar-refractivity contribution in [1.82, 2.24) is 20.4 Å². The SMILES string of the molecule is CCN(C)Cc1cccc(CNC(=O)NC2CCN(Cc3ccccc3)CC2)c1. The number of urea groups is 1. The summed E-state index contributed by atoms with van der Waals surface area (Å²) < 4.78 is 0. The number of rotatable bonds is 8. The molecule has 1 fully saturated rings. The van der Waals surface area contributed by atoms with Crippen molar-refractivity contribution in [2.45, 2.75) is 45.4 Å². The van der Waals surface area contributed by atoms with E-state index < -0.39 is 0 Å². The zero-order chi connectivity index (χ0) is 20.5. The van der Waals surface area contributed by atoms with E-state index in [-0.39, 0.29) is 12.1 Å². The smallest absolute Gasteiger partial charge is 0.315 e. The molecule has 2 aromatic rings. The number of benzene rings is 2. The quantitative estimate of drug-likeness (QED) is 0.719. The minimum Gasteiger partial charge on any atom is -0.335 e. The normalized spacial score (nSPS) is 15.4. The van der Waals surface area contributed by atoms with Gasteiger partial charge in [0.1, 0.15) is 0 Å². The Hall–Kier alpha value is -2.37. The highest BCUT2D eigenvalue weighted by Gasteiger charge is 2.20. The standard InChI is InChI=1S/C24H34N4O/c1-3-27(2)18-22-11-7-10-21(16-22)17-25-24(29)26-23-12-14-28(15-13-23)19-20-8-5-4-6-9-20/h4-11,16,23H,3,12-15,17-19H2,1-2H3,(H2,25,26,29). The first-order valence-corrected chi connectivity index (χ1v) is 10.7. The van der Waals surface area contributed by atoms with Crippen molar-refractivity contribution < 1.29 is 4.79 Å². The van der Waals surface area contributed by atoms with Crippen LogP contribution >= 0.6 is 0 Å². The highest BCUT2D eigenvalue weighted by Crippen LogP contribution is 2.14. The van der Waals surface area contributed by atoms with Gasteiger partial charge in [-0.15, -0.1) is 0 Å². The monoisotopic (exact) mass is 394 g/mol. The van der Waals surface area contributed by atoms with Crippen LogP contribution in [0.5, 0.6) is 0 Å². The van der Waals surface area contributed by atoms with Crippen LogP contribution in [0.15, 0.2) is 54.6 Å². The molecule has 0 radical (unpaired) electrons. The summed E-state index contributed by atoms with van der Waals surface area (Å²) in [6.07, 6.45) is 2.00. The lowest BCUT2D eigenvalue weighted by atomic mass is 10.0. The van der Waals surface area contributed by atoms with Crippen LogP contribution in [0.3, 0.4) is 0 Å². The Bertz CT molecular complexity index is 756. The van der Waals surface area contributed by atoms with Gasteiger partial charge < -0.3 is 15.5 Å². The van der Waals surface area contributed by atoms with E-state index in [9.17, 15) is 4.79 Å². The molecule has 0 aromatic heterocycles. The third-order valence-electron chi connectivity index (χ3n) is 5.61. The number of carbonyl (C=O) groups excluding carboxylic acids is 1. The third kappa shape index (κ3) is 7.18. The van der Waals surface area contributed by atoms with Gasteiger partial charge in [-0.05, 0) is 43.1 Å². The molecule has 3 rings (SSSR count). The van der Waals surface area contributed by atoms with Crippen LogP contribution in [-0.2, 0) is 19.6 Å². The number of piperidine rings is 1. The Labute approximate surface area is 175 Å². The Balaban J connectivity index is 1.38. The highest BCUT2D eigenvalue weighted by atomic mass is 16.2. The fourth-order valence-corrected chi connectivity index (χ4v) is 3.76. The van der Waals surface area contributed by atoms with E-state index >= 15 is 0 Å². The number of carbonyl (C=O) groups is 1. The van der Waals surface area contributed by atoms with Crippen LogP contribution in [0.2, 0.25) is 0 Å². The number of nitrogens with zero attached hydrogens (tertiary/aromatic N) is 2. The minimum absolute atomic E-state index is 0.0670. The summed E-state index contributed by atoms with van der Waals surface area (Å²) >= 11 is 0. The number of hydrogen-bond acceptors (Lipinski definition) is 3. The van der Waals surface area contributed by atoms with Gasteiger partial charge in [-0.3, -0.25) is 4.90 Å². The van der Waals surface area contributed by atoms with Crippen molar-refractivity contribution in [3.8, 4) is 0 Å². The maximum atomic E-state index is 12.3. The second kappa shape index (κ2) is 11.0. The molecule has 1 aliphatic rings. The third-order valence-corrected chi connectivity index (χ3v) is 5.61. The maximum Gasteiger partial charge on any atom is 0.315 e. The molecule has 29 heavy (non-hydrogen) atoms. The molecule has 0 atom stereocenters. The van der Waals surface area contributed by atoms with Gasteiger partial charge in [0.2, 0.25) is 0 Å². The van der Waals surface area contributed by atoms with Crippen LogP contribution in [0.25, 0.3) is 0 Å². The molecular formula is C24H34N4O. The first-order chi connectivity index (χ1) is 14.1. The van der Waals surface area contributed by atoms with Gasteiger partial charge in [0.25, 0.3) is 0 Å². The van der Waals surface area contributed by atoms with E-state index in [4.69, 9.17) is 0 Å². The van der Waals surface area contributed by atoms with Gasteiger partial charge in [0.15, 0.2) is 0 Å². The van der Waals surface area contributed by atoms with Crippen molar-refractivity contribution in [1.29, 1.82) is 0 Å². The first-order valence-electron chi connectivity index (χ1n) is 10.7. The summed E-state index contributed by atoms with van der Waals surface area (Å²) in [5, 5.41) is 6.16. The van der Waals surface area contributed by atoms with Gasteiger partial charge in [0.05, 0.1) is 0 Å². The molecule has 156 valence electrons. The molecule has 0 bridgehead atoms. The van der Waals surface area contributed by atoms with Crippen molar-refractivity contribution in [3.63, 3.8) is 0 Å². The summed E-state index contributed by atoms with van der Waals surface area (Å²) in [4.78, 5) is 17.1. The van der Waals surface area contributed by atoms with Gasteiger partial charge in [-0.2, -0.15) is 0 Å². The molecule has 1 saturated heterocycles. The molecule has 5 heteroatoms. The van der Waals surface area contributed by atoms with E-state index in [1.807, 2.05) is 0 Å². The summed E-state index contributed by atoms with van der Waals surface area (Å²) in [5.41, 5.74) is 3.77. The number of likely N-dealkylation sites (tertiary alicyclic amines) is 1. The maximum absolute atomic E-state index is 12.3. The van der Waals surface area contributed by atoms with E-state index in [1.54, 1.807) is 0 Å². The van der Waals surface area contributed by atoms with Crippen LogP contribution < -0.4 is 10.6 Å². The van der Waals surface area contributed by atoms with Crippen molar-refractivity contribution in [2.75, 3.05) is 26.7 Å².